The van der Waals surface area contributed by atoms with Gasteiger partial charge in [-0.2, -0.15) is 18.3 Å². The maximum Gasteiger partial charge on any atom is 0.417 e. The Hall–Kier alpha value is -7.71. The van der Waals surface area contributed by atoms with E-state index >= 15 is 0 Å². The Balaban J connectivity index is 0.735. The van der Waals surface area contributed by atoms with E-state index in [4.69, 9.17) is 4.74 Å². The molecule has 3 aliphatic heterocycles. The summed E-state index contributed by atoms with van der Waals surface area (Å²) in [5, 5.41) is 24.4. The van der Waals surface area contributed by atoms with Crippen molar-refractivity contribution in [2.24, 2.45) is 18.9 Å². The van der Waals surface area contributed by atoms with Crippen LogP contribution in [0.1, 0.15) is 88.2 Å². The van der Waals surface area contributed by atoms with Crippen LogP contribution in [-0.4, -0.2) is 92.1 Å². The monoisotopic (exact) mass is 1030 g/mol. The van der Waals surface area contributed by atoms with Crippen LogP contribution in [-0.2, 0) is 40.6 Å². The molecule has 16 nitrogen and oxygen atoms in total. The molecule has 3 aromatic heterocycles. The molecule has 4 amide bonds. The zero-order chi connectivity index (χ0) is 51.8. The van der Waals surface area contributed by atoms with Crippen molar-refractivity contribution in [3.05, 3.63) is 125 Å². The van der Waals surface area contributed by atoms with Crippen molar-refractivity contribution in [2.45, 2.75) is 64.1 Å². The highest BCUT2D eigenvalue weighted by atomic mass is 32.1. The number of para-hydroxylation sites is 1. The van der Waals surface area contributed by atoms with Crippen molar-refractivity contribution in [3.8, 4) is 16.9 Å². The van der Waals surface area contributed by atoms with E-state index in [0.29, 0.717) is 60.5 Å². The number of carboxylic acid groups (broad SMARTS) is 1. The number of aromatic nitrogens is 4. The Morgan fingerprint density at radius 3 is 2.47 bits per heavy atom. The predicted octanol–water partition coefficient (Wildman–Crippen LogP) is 9.05. The molecule has 2 atom stereocenters. The van der Waals surface area contributed by atoms with Gasteiger partial charge in [0, 0.05) is 48.8 Å². The number of fused-ring (bicyclic) bond motifs is 3. The van der Waals surface area contributed by atoms with Gasteiger partial charge >= 0.3 is 12.1 Å². The lowest BCUT2D eigenvalue weighted by Gasteiger charge is -2.32. The van der Waals surface area contributed by atoms with E-state index in [2.05, 4.69) is 35.9 Å². The molecule has 0 unspecified atom stereocenters. The number of pyridine rings is 1. The number of amides is 4. The van der Waals surface area contributed by atoms with E-state index in [9.17, 15) is 42.3 Å². The molecule has 20 heteroatoms. The van der Waals surface area contributed by atoms with E-state index in [1.165, 1.54) is 35.6 Å². The number of likely N-dealkylation sites (tertiary alicyclic amines) is 1. The summed E-state index contributed by atoms with van der Waals surface area (Å²) in [6, 6.07) is 24.8. The van der Waals surface area contributed by atoms with Gasteiger partial charge in [-0.25, -0.2) is 14.8 Å². The quantitative estimate of drug-likeness (QED) is 0.0755. The number of nitrogens with one attached hydrogen (secondary N) is 3. The minimum atomic E-state index is -4.85. The molecule has 0 saturated carbocycles. The molecule has 0 bridgehead atoms. The summed E-state index contributed by atoms with van der Waals surface area (Å²) in [6.45, 7) is 4.39. The van der Waals surface area contributed by atoms with Gasteiger partial charge in [0.05, 0.1) is 46.1 Å². The number of aryl methyl sites for hydroxylation is 1. The Labute approximate surface area is 426 Å². The van der Waals surface area contributed by atoms with Gasteiger partial charge in [-0.1, -0.05) is 48.6 Å². The average Bonchev–Trinajstić information content (AvgIpc) is 3.94. The van der Waals surface area contributed by atoms with Gasteiger partial charge in [-0.15, -0.1) is 0 Å². The van der Waals surface area contributed by atoms with Gasteiger partial charge in [-0.3, -0.25) is 39.4 Å². The third kappa shape index (κ3) is 10.7. The second-order valence-corrected chi connectivity index (χ2v) is 20.3. The molecule has 6 heterocycles. The SMILES string of the molecule is C[C@@H](COc1ccc(-c2ccc(N3CCc4cccc(C(=O)Nc5nc6ccccc6s5)c4C3)nc2C(=O)O)c(C(F)(F)F)c1)CC1CCN(CC(=O)Nc2ccc3c([C@H]4CCC(=O)NC4=O)nn(C)c3c2)CC1. The van der Waals surface area contributed by atoms with Crippen molar-refractivity contribution in [1.82, 2.24) is 30.0 Å². The molecule has 10 rings (SSSR count). The van der Waals surface area contributed by atoms with Gasteiger partial charge in [0.15, 0.2) is 10.8 Å². The maximum absolute atomic E-state index is 14.8. The highest BCUT2D eigenvalue weighted by molar-refractivity contribution is 7.22. The Morgan fingerprint density at radius 2 is 1.70 bits per heavy atom. The molecular weight excluding hydrogens is 976 g/mol. The normalized spacial score (nSPS) is 17.0. The molecule has 2 saturated heterocycles. The Morgan fingerprint density at radius 1 is 0.905 bits per heavy atom. The van der Waals surface area contributed by atoms with E-state index in [0.717, 1.165) is 57.6 Å². The fourth-order valence-electron chi connectivity index (χ4n) is 10.4. The number of halogens is 3. The maximum atomic E-state index is 14.8. The summed E-state index contributed by atoms with van der Waals surface area (Å²) in [5.74, 6) is -2.62. The van der Waals surface area contributed by atoms with Gasteiger partial charge in [0.1, 0.15) is 11.6 Å². The molecule has 3 aliphatic rings. The second kappa shape index (κ2) is 20.7. The van der Waals surface area contributed by atoms with Crippen molar-refractivity contribution >= 4 is 78.7 Å². The number of thiazole rings is 1. The first-order valence-corrected chi connectivity index (χ1v) is 25.3. The zero-order valence-corrected chi connectivity index (χ0v) is 41.3. The predicted molar refractivity (Wildman–Crippen MR) is 273 cm³/mol. The van der Waals surface area contributed by atoms with Crippen LogP contribution < -0.4 is 25.6 Å². The largest absolute Gasteiger partial charge is 0.493 e. The fraction of sp³-hybridized carbons (Fsp3) is 0.333. The first-order valence-electron chi connectivity index (χ1n) is 24.5. The first-order chi connectivity index (χ1) is 35.5. The number of carboxylic acids is 1. The fourth-order valence-corrected chi connectivity index (χ4v) is 11.3. The number of carbonyl (C=O) groups is 5. The number of aromatic carboxylic acids is 1. The Bertz CT molecular complexity index is 3320. The van der Waals surface area contributed by atoms with E-state index in [-0.39, 0.29) is 78.4 Å². The minimum Gasteiger partial charge on any atom is -0.493 e. The lowest BCUT2D eigenvalue weighted by Crippen LogP contribution is -2.39. The highest BCUT2D eigenvalue weighted by Crippen LogP contribution is 2.41. The van der Waals surface area contributed by atoms with Crippen molar-refractivity contribution in [3.63, 3.8) is 0 Å². The number of ether oxygens (including phenoxy) is 1. The number of alkyl halides is 3. The van der Waals surface area contributed by atoms with E-state index in [1.54, 1.807) is 23.9 Å². The first kappa shape index (κ1) is 49.9. The van der Waals surface area contributed by atoms with E-state index < -0.39 is 29.3 Å². The summed E-state index contributed by atoms with van der Waals surface area (Å²) >= 11 is 1.36. The molecule has 0 aliphatic carbocycles. The number of nitrogens with zero attached hydrogens (tertiary/aromatic N) is 6. The molecule has 7 aromatic rings. The standard InChI is InChI=1S/C54H52F3N9O7S/c1-30(24-31-18-21-65(22-19-31)28-47(68)58-33-10-12-38-43(25-33)64(2)63-48(38)39-15-17-46(67)61-51(39)70)29-73-34-11-13-35(41(26-34)54(55,56)57)36-14-16-45(60-49(36)52(71)72)66-23-20-32-6-5-7-37(40(32)27-66)50(69)62-53-59-42-8-3-4-9-44(42)74-53/h3-14,16,25-26,30-31,39H,15,17-24,27-29H2,1-2H3,(H,58,68)(H,71,72)(H,59,62,69)(H,61,67,70)/t30-,39-/m1/s1. The van der Waals surface area contributed by atoms with Crippen LogP contribution in [0, 0.1) is 11.8 Å². The minimum absolute atomic E-state index is 0.00224. The summed E-state index contributed by atoms with van der Waals surface area (Å²) < 4.78 is 53.0. The summed E-state index contributed by atoms with van der Waals surface area (Å²) in [6.07, 6.45) is -1.26. The number of carbonyl (C=O) groups excluding carboxylic acids is 4. The van der Waals surface area contributed by atoms with Crippen molar-refractivity contribution < 1.29 is 47.0 Å². The van der Waals surface area contributed by atoms with E-state index in [1.807, 2.05) is 60.4 Å². The van der Waals surface area contributed by atoms with Crippen LogP contribution in [0.3, 0.4) is 0 Å². The van der Waals surface area contributed by atoms with Crippen LogP contribution in [0.25, 0.3) is 32.2 Å². The molecule has 2 fully saturated rings. The number of rotatable bonds is 14. The zero-order valence-electron chi connectivity index (χ0n) is 40.5. The van der Waals surface area contributed by atoms with Gasteiger partial charge in [0.2, 0.25) is 17.7 Å². The number of anilines is 3. The molecular formula is C54H52F3N9O7S. The smallest absolute Gasteiger partial charge is 0.417 e. The average molecular weight is 1030 g/mol. The van der Waals surface area contributed by atoms with Crippen molar-refractivity contribution in [2.75, 3.05) is 48.3 Å². The molecule has 4 aromatic carbocycles. The van der Waals surface area contributed by atoms with Crippen molar-refractivity contribution in [1.29, 1.82) is 0 Å². The number of benzene rings is 4. The number of piperidine rings is 2. The number of hydrogen-bond donors (Lipinski definition) is 4. The molecule has 0 spiro atoms. The van der Waals surface area contributed by atoms with Gasteiger partial charge < -0.3 is 20.1 Å². The Kier molecular flexibility index (Phi) is 13.9. The molecule has 382 valence electrons. The third-order valence-corrected chi connectivity index (χ3v) is 15.1. The number of imide groups is 1. The van der Waals surface area contributed by atoms with Crippen LogP contribution >= 0.6 is 11.3 Å². The van der Waals surface area contributed by atoms with Crippen LogP contribution in [0.2, 0.25) is 0 Å². The van der Waals surface area contributed by atoms with Gasteiger partial charge in [-0.05, 0) is 134 Å². The molecule has 74 heavy (non-hydrogen) atoms. The summed E-state index contributed by atoms with van der Waals surface area (Å²) in [4.78, 5) is 76.5. The van der Waals surface area contributed by atoms with Crippen LogP contribution in [0.5, 0.6) is 5.75 Å². The topological polar surface area (TPSA) is 201 Å². The van der Waals surface area contributed by atoms with Crippen LogP contribution in [0.15, 0.2) is 91.0 Å². The summed E-state index contributed by atoms with van der Waals surface area (Å²) in [5.41, 5.74) is 2.68. The lowest BCUT2D eigenvalue weighted by molar-refractivity contribution is -0.137. The molecule has 0 radical (unpaired) electrons. The molecule has 4 N–H and O–H groups in total. The third-order valence-electron chi connectivity index (χ3n) is 14.1. The van der Waals surface area contributed by atoms with Crippen LogP contribution in [0.4, 0.5) is 29.8 Å². The second-order valence-electron chi connectivity index (χ2n) is 19.3. The van der Waals surface area contributed by atoms with Gasteiger partial charge in [0.25, 0.3) is 5.91 Å². The highest BCUT2D eigenvalue weighted by Gasteiger charge is 2.37. The number of hydrogen-bond acceptors (Lipinski definition) is 12. The summed E-state index contributed by atoms with van der Waals surface area (Å²) in [7, 11) is 1.77. The lowest BCUT2D eigenvalue weighted by atomic mass is 9.88.